The molecule has 1 unspecified atom stereocenters. The molecule has 0 aliphatic rings. The third kappa shape index (κ3) is 2.51. The Labute approximate surface area is 112 Å². The van der Waals surface area contributed by atoms with Gasteiger partial charge in [-0.25, -0.2) is 22.0 Å². The van der Waals surface area contributed by atoms with Crippen molar-refractivity contribution in [2.45, 2.75) is 6.04 Å². The third-order valence-electron chi connectivity index (χ3n) is 2.92. The minimum atomic E-state index is -1.61. The van der Waals surface area contributed by atoms with Crippen molar-refractivity contribution in [3.63, 3.8) is 0 Å². The Balaban J connectivity index is 2.55. The lowest BCUT2D eigenvalue weighted by molar-refractivity contribution is 0.441. The Kier molecular flexibility index (Phi) is 4.04. The highest BCUT2D eigenvalue weighted by Crippen LogP contribution is 2.27. The molecule has 2 aromatic carbocycles. The van der Waals surface area contributed by atoms with E-state index in [4.69, 9.17) is 0 Å². The normalized spacial score (nSPS) is 12.5. The number of halogens is 5. The van der Waals surface area contributed by atoms with Crippen molar-refractivity contribution in [1.82, 2.24) is 5.32 Å². The van der Waals surface area contributed by atoms with Gasteiger partial charge in [0.1, 0.15) is 0 Å². The van der Waals surface area contributed by atoms with Crippen molar-refractivity contribution in [3.8, 4) is 0 Å². The van der Waals surface area contributed by atoms with Crippen LogP contribution < -0.4 is 5.32 Å². The summed E-state index contributed by atoms with van der Waals surface area (Å²) in [6, 6.07) is 3.95. The maximum absolute atomic E-state index is 13.7. The van der Waals surface area contributed by atoms with Crippen LogP contribution in [0.25, 0.3) is 0 Å². The highest BCUT2D eigenvalue weighted by Gasteiger charge is 2.21. The van der Waals surface area contributed by atoms with Gasteiger partial charge < -0.3 is 5.32 Å². The molecule has 0 bridgehead atoms. The van der Waals surface area contributed by atoms with Gasteiger partial charge in [0.2, 0.25) is 0 Å². The molecule has 2 rings (SSSR count). The molecule has 6 heteroatoms. The highest BCUT2D eigenvalue weighted by molar-refractivity contribution is 5.34. The molecule has 0 amide bonds. The van der Waals surface area contributed by atoms with E-state index in [1.165, 1.54) is 19.2 Å². The van der Waals surface area contributed by atoms with Crippen LogP contribution in [0.1, 0.15) is 17.2 Å². The van der Waals surface area contributed by atoms with Gasteiger partial charge in [0.25, 0.3) is 0 Å². The van der Waals surface area contributed by atoms with E-state index >= 15 is 0 Å². The molecule has 0 fully saturated rings. The van der Waals surface area contributed by atoms with E-state index in [1.54, 1.807) is 0 Å². The van der Waals surface area contributed by atoms with Crippen molar-refractivity contribution in [2.24, 2.45) is 0 Å². The molecule has 1 N–H and O–H groups in total. The third-order valence-corrected chi connectivity index (χ3v) is 2.92. The summed E-state index contributed by atoms with van der Waals surface area (Å²) in [6.07, 6.45) is 0. The van der Waals surface area contributed by atoms with Crippen molar-refractivity contribution in [2.75, 3.05) is 7.05 Å². The maximum atomic E-state index is 13.7. The van der Waals surface area contributed by atoms with E-state index in [0.29, 0.717) is 0 Å². The molecule has 0 saturated heterocycles. The van der Waals surface area contributed by atoms with Crippen LogP contribution >= 0.6 is 0 Å². The largest absolute Gasteiger partial charge is 0.309 e. The average Bonchev–Trinajstić information content (AvgIpc) is 2.41. The molecular formula is C14H10F5N. The van der Waals surface area contributed by atoms with Gasteiger partial charge in [-0.1, -0.05) is 12.1 Å². The molecule has 0 aromatic heterocycles. The Bertz CT molecular complexity index is 618. The summed E-state index contributed by atoms with van der Waals surface area (Å²) in [5.74, 6) is -6.60. The van der Waals surface area contributed by atoms with E-state index in [9.17, 15) is 22.0 Å². The van der Waals surface area contributed by atoms with Crippen LogP contribution in [0.2, 0.25) is 0 Å². The van der Waals surface area contributed by atoms with Gasteiger partial charge in [0.05, 0.1) is 6.04 Å². The Morgan fingerprint density at radius 3 is 2.00 bits per heavy atom. The van der Waals surface area contributed by atoms with E-state index in [0.717, 1.165) is 18.2 Å². The molecular weight excluding hydrogens is 277 g/mol. The number of hydrogen-bond donors (Lipinski definition) is 1. The molecule has 0 heterocycles. The van der Waals surface area contributed by atoms with Crippen LogP contribution in [-0.2, 0) is 0 Å². The van der Waals surface area contributed by atoms with Gasteiger partial charge in [0.15, 0.2) is 29.1 Å². The molecule has 1 atom stereocenters. The summed E-state index contributed by atoms with van der Waals surface area (Å²) in [4.78, 5) is 0. The second-order valence-corrected chi connectivity index (χ2v) is 4.16. The molecule has 2 aromatic rings. The predicted octanol–water partition coefficient (Wildman–Crippen LogP) is 3.69. The lowest BCUT2D eigenvalue weighted by Crippen LogP contribution is -2.20. The number of nitrogens with one attached hydrogen (secondary N) is 1. The van der Waals surface area contributed by atoms with Gasteiger partial charge >= 0.3 is 0 Å². The van der Waals surface area contributed by atoms with Crippen LogP contribution in [0.15, 0.2) is 30.3 Å². The zero-order chi connectivity index (χ0) is 14.9. The van der Waals surface area contributed by atoms with Crippen molar-refractivity contribution < 1.29 is 22.0 Å². The standard InChI is InChI=1S/C14H10F5N/c1-20-14(8-3-2-4-9(15)12(8)18)7-5-10(16)13(19)11(17)6-7/h2-6,14,20H,1H3. The minimum Gasteiger partial charge on any atom is -0.309 e. The summed E-state index contributed by atoms with van der Waals surface area (Å²) < 4.78 is 66.3. The number of rotatable bonds is 3. The summed E-state index contributed by atoms with van der Waals surface area (Å²) in [6.45, 7) is 0. The molecule has 1 nitrogen and oxygen atoms in total. The number of hydrogen-bond acceptors (Lipinski definition) is 1. The molecule has 106 valence electrons. The Morgan fingerprint density at radius 2 is 1.45 bits per heavy atom. The summed E-state index contributed by atoms with van der Waals surface area (Å²) in [5.41, 5.74) is -0.175. The molecule has 20 heavy (non-hydrogen) atoms. The first-order chi connectivity index (χ1) is 9.45. The van der Waals surface area contributed by atoms with Crippen LogP contribution in [0.5, 0.6) is 0 Å². The van der Waals surface area contributed by atoms with Gasteiger partial charge in [-0.2, -0.15) is 0 Å². The van der Waals surface area contributed by atoms with Crippen molar-refractivity contribution >= 4 is 0 Å². The fourth-order valence-corrected chi connectivity index (χ4v) is 1.99. The predicted molar refractivity (Wildman–Crippen MR) is 63.6 cm³/mol. The fourth-order valence-electron chi connectivity index (χ4n) is 1.99. The van der Waals surface area contributed by atoms with Crippen LogP contribution in [0, 0.1) is 29.1 Å². The fraction of sp³-hybridized carbons (Fsp3) is 0.143. The minimum absolute atomic E-state index is 0.0478. The summed E-state index contributed by atoms with van der Waals surface area (Å²) >= 11 is 0. The van der Waals surface area contributed by atoms with E-state index in [-0.39, 0.29) is 11.1 Å². The molecule has 0 radical (unpaired) electrons. The van der Waals surface area contributed by atoms with Gasteiger partial charge in [-0.15, -0.1) is 0 Å². The van der Waals surface area contributed by atoms with E-state index in [1.807, 2.05) is 0 Å². The maximum Gasteiger partial charge on any atom is 0.194 e. The average molecular weight is 287 g/mol. The van der Waals surface area contributed by atoms with Crippen LogP contribution in [0.4, 0.5) is 22.0 Å². The molecule has 0 aliphatic heterocycles. The quantitative estimate of drug-likeness (QED) is 0.670. The molecule has 0 saturated carbocycles. The Hall–Kier alpha value is -1.95. The first-order valence-electron chi connectivity index (χ1n) is 5.71. The smallest absolute Gasteiger partial charge is 0.194 e. The SMILES string of the molecule is CNC(c1cc(F)c(F)c(F)c1)c1cccc(F)c1F. The Morgan fingerprint density at radius 1 is 0.850 bits per heavy atom. The van der Waals surface area contributed by atoms with Crippen LogP contribution in [-0.4, -0.2) is 7.05 Å². The molecule has 0 aliphatic carbocycles. The first-order valence-corrected chi connectivity index (χ1v) is 5.71. The van der Waals surface area contributed by atoms with Crippen molar-refractivity contribution in [1.29, 1.82) is 0 Å². The lowest BCUT2D eigenvalue weighted by Gasteiger charge is -2.18. The number of benzene rings is 2. The van der Waals surface area contributed by atoms with E-state index in [2.05, 4.69) is 5.32 Å². The van der Waals surface area contributed by atoms with Gasteiger partial charge in [0, 0.05) is 5.56 Å². The summed E-state index contributed by atoms with van der Waals surface area (Å²) in [7, 11) is 1.41. The van der Waals surface area contributed by atoms with Crippen molar-refractivity contribution in [3.05, 3.63) is 70.5 Å². The monoisotopic (exact) mass is 287 g/mol. The topological polar surface area (TPSA) is 12.0 Å². The summed E-state index contributed by atoms with van der Waals surface area (Å²) in [5, 5.41) is 2.61. The second kappa shape index (κ2) is 5.58. The van der Waals surface area contributed by atoms with Crippen LogP contribution in [0.3, 0.4) is 0 Å². The molecule has 0 spiro atoms. The van der Waals surface area contributed by atoms with E-state index < -0.39 is 35.1 Å². The lowest BCUT2D eigenvalue weighted by atomic mass is 9.98. The van der Waals surface area contributed by atoms with Gasteiger partial charge in [-0.3, -0.25) is 0 Å². The zero-order valence-electron chi connectivity index (χ0n) is 10.4. The highest BCUT2D eigenvalue weighted by atomic mass is 19.2. The van der Waals surface area contributed by atoms with Gasteiger partial charge in [-0.05, 0) is 30.8 Å². The zero-order valence-corrected chi connectivity index (χ0v) is 10.4. The first kappa shape index (κ1) is 14.5. The second-order valence-electron chi connectivity index (χ2n) is 4.16.